The Labute approximate surface area is 79.8 Å². The molecule has 0 atom stereocenters. The zero-order valence-corrected chi connectivity index (χ0v) is 7.46. The quantitative estimate of drug-likeness (QED) is 0.414. The number of carbonyl (C=O) groups excluding carboxylic acids is 1. The van der Waals surface area contributed by atoms with E-state index in [9.17, 15) is 13.6 Å². The van der Waals surface area contributed by atoms with E-state index in [4.69, 9.17) is 0 Å². The van der Waals surface area contributed by atoms with Crippen molar-refractivity contribution in [3.05, 3.63) is 42.0 Å². The molecule has 1 rings (SSSR count). The molecule has 0 aliphatic heterocycles. The Morgan fingerprint density at radius 3 is 2.71 bits per heavy atom. The summed E-state index contributed by atoms with van der Waals surface area (Å²) in [5, 5.41) is 0. The van der Waals surface area contributed by atoms with Gasteiger partial charge >= 0.3 is 5.97 Å². The van der Waals surface area contributed by atoms with Gasteiger partial charge in [-0.1, -0.05) is 6.08 Å². The molecule has 0 saturated carbocycles. The fourth-order valence-corrected chi connectivity index (χ4v) is 0.836. The van der Waals surface area contributed by atoms with Crippen molar-refractivity contribution in [1.29, 1.82) is 0 Å². The number of carbonyl (C=O) groups is 1. The first-order chi connectivity index (χ1) is 6.63. The van der Waals surface area contributed by atoms with Crippen LogP contribution in [0.25, 0.3) is 0 Å². The molecule has 14 heavy (non-hydrogen) atoms. The SMILES string of the molecule is CC=CC(=O)Oc1ccc(F)cc1F. The van der Waals surface area contributed by atoms with Crippen molar-refractivity contribution >= 4 is 5.97 Å². The van der Waals surface area contributed by atoms with Gasteiger partial charge < -0.3 is 4.74 Å². The van der Waals surface area contributed by atoms with Gasteiger partial charge in [0.2, 0.25) is 0 Å². The van der Waals surface area contributed by atoms with Gasteiger partial charge in [-0.25, -0.2) is 13.6 Å². The van der Waals surface area contributed by atoms with E-state index in [2.05, 4.69) is 4.74 Å². The van der Waals surface area contributed by atoms with Gasteiger partial charge in [0.15, 0.2) is 11.6 Å². The normalized spacial score (nSPS) is 10.5. The summed E-state index contributed by atoms with van der Waals surface area (Å²) in [6.07, 6.45) is 2.60. The number of halogens is 2. The van der Waals surface area contributed by atoms with E-state index in [1.165, 1.54) is 6.08 Å². The molecule has 0 heterocycles. The average Bonchev–Trinajstić information content (AvgIpc) is 2.10. The van der Waals surface area contributed by atoms with Crippen molar-refractivity contribution < 1.29 is 18.3 Å². The van der Waals surface area contributed by atoms with Crippen LogP contribution in [-0.4, -0.2) is 5.97 Å². The second-order valence-electron chi connectivity index (χ2n) is 2.50. The Morgan fingerprint density at radius 1 is 1.43 bits per heavy atom. The molecule has 0 N–H and O–H groups in total. The number of esters is 1. The molecule has 0 fully saturated rings. The van der Waals surface area contributed by atoms with Gasteiger partial charge in [0.1, 0.15) is 5.82 Å². The molecule has 0 radical (unpaired) electrons. The molecule has 0 amide bonds. The van der Waals surface area contributed by atoms with Crippen LogP contribution in [0.4, 0.5) is 8.78 Å². The summed E-state index contributed by atoms with van der Waals surface area (Å²) in [4.78, 5) is 10.9. The topological polar surface area (TPSA) is 26.3 Å². The summed E-state index contributed by atoms with van der Waals surface area (Å²) in [7, 11) is 0. The van der Waals surface area contributed by atoms with E-state index >= 15 is 0 Å². The molecular formula is C10H8F2O2. The molecule has 0 aliphatic carbocycles. The molecule has 74 valence electrons. The molecular weight excluding hydrogens is 190 g/mol. The predicted molar refractivity (Wildman–Crippen MR) is 46.8 cm³/mol. The van der Waals surface area contributed by atoms with Crippen LogP contribution in [0.5, 0.6) is 5.75 Å². The minimum atomic E-state index is -0.900. The lowest BCUT2D eigenvalue weighted by Crippen LogP contribution is -2.05. The Morgan fingerprint density at radius 2 is 2.14 bits per heavy atom. The summed E-state index contributed by atoms with van der Waals surface area (Å²) in [5.74, 6) is -2.59. The van der Waals surface area contributed by atoms with Crippen molar-refractivity contribution in [2.75, 3.05) is 0 Å². The first-order valence-corrected chi connectivity index (χ1v) is 3.93. The van der Waals surface area contributed by atoms with Gasteiger partial charge in [0, 0.05) is 12.1 Å². The maximum atomic E-state index is 12.9. The molecule has 1 aromatic rings. The van der Waals surface area contributed by atoms with Gasteiger partial charge in [-0.05, 0) is 19.1 Å². The summed E-state index contributed by atoms with van der Waals surface area (Å²) in [6.45, 7) is 1.63. The highest BCUT2D eigenvalue weighted by Crippen LogP contribution is 2.17. The number of hydrogen-bond acceptors (Lipinski definition) is 2. The zero-order valence-electron chi connectivity index (χ0n) is 7.46. The fraction of sp³-hybridized carbons (Fsp3) is 0.100. The second-order valence-corrected chi connectivity index (χ2v) is 2.50. The molecule has 0 saturated heterocycles. The van der Waals surface area contributed by atoms with Crippen molar-refractivity contribution in [3.8, 4) is 5.75 Å². The van der Waals surface area contributed by atoms with Crippen molar-refractivity contribution in [2.24, 2.45) is 0 Å². The summed E-state index contributed by atoms with van der Waals surface area (Å²) >= 11 is 0. The molecule has 0 spiro atoms. The summed E-state index contributed by atoms with van der Waals surface area (Å²) < 4.78 is 29.9. The largest absolute Gasteiger partial charge is 0.420 e. The van der Waals surface area contributed by atoms with Gasteiger partial charge in [0.25, 0.3) is 0 Å². The van der Waals surface area contributed by atoms with E-state index in [1.54, 1.807) is 6.92 Å². The third-order valence-electron chi connectivity index (χ3n) is 1.41. The minimum Gasteiger partial charge on any atom is -0.420 e. The highest BCUT2D eigenvalue weighted by molar-refractivity contribution is 5.83. The van der Waals surface area contributed by atoms with Crippen LogP contribution >= 0.6 is 0 Å². The molecule has 0 aliphatic rings. The summed E-state index contributed by atoms with van der Waals surface area (Å²) in [5.41, 5.74) is 0. The first-order valence-electron chi connectivity index (χ1n) is 3.93. The maximum absolute atomic E-state index is 12.9. The van der Waals surface area contributed by atoms with E-state index in [0.717, 1.165) is 18.2 Å². The molecule has 4 heteroatoms. The third kappa shape index (κ3) is 2.65. The Hall–Kier alpha value is -1.71. The van der Waals surface area contributed by atoms with Crippen LogP contribution in [0.2, 0.25) is 0 Å². The highest BCUT2D eigenvalue weighted by Gasteiger charge is 2.07. The second kappa shape index (κ2) is 4.50. The molecule has 1 aromatic carbocycles. The van der Waals surface area contributed by atoms with Crippen LogP contribution in [0.1, 0.15) is 6.92 Å². The molecule has 0 unspecified atom stereocenters. The molecule has 2 nitrogen and oxygen atoms in total. The molecule has 0 bridgehead atoms. The lowest BCUT2D eigenvalue weighted by Gasteiger charge is -2.01. The lowest BCUT2D eigenvalue weighted by molar-refractivity contribution is -0.129. The van der Waals surface area contributed by atoms with E-state index in [1.807, 2.05) is 0 Å². The van der Waals surface area contributed by atoms with Gasteiger partial charge in [0.05, 0.1) is 0 Å². The minimum absolute atomic E-state index is 0.283. The maximum Gasteiger partial charge on any atom is 0.335 e. The predicted octanol–water partition coefficient (Wildman–Crippen LogP) is 2.45. The van der Waals surface area contributed by atoms with Crippen molar-refractivity contribution in [2.45, 2.75) is 6.92 Å². The van der Waals surface area contributed by atoms with Gasteiger partial charge in [-0.2, -0.15) is 0 Å². The van der Waals surface area contributed by atoms with E-state index < -0.39 is 17.6 Å². The number of rotatable bonds is 2. The number of ether oxygens (including phenoxy) is 1. The average molecular weight is 198 g/mol. The van der Waals surface area contributed by atoms with Crippen LogP contribution in [0.15, 0.2) is 30.4 Å². The third-order valence-corrected chi connectivity index (χ3v) is 1.41. The standard InChI is InChI=1S/C10H8F2O2/c1-2-3-10(13)14-9-5-4-7(11)6-8(9)12/h2-6H,1H3. The van der Waals surface area contributed by atoms with Crippen molar-refractivity contribution in [3.63, 3.8) is 0 Å². The van der Waals surface area contributed by atoms with Gasteiger partial charge in [-0.15, -0.1) is 0 Å². The number of allylic oxidation sites excluding steroid dienone is 1. The van der Waals surface area contributed by atoms with Crippen LogP contribution in [0.3, 0.4) is 0 Å². The van der Waals surface area contributed by atoms with Crippen LogP contribution in [0, 0.1) is 11.6 Å². The smallest absolute Gasteiger partial charge is 0.335 e. The lowest BCUT2D eigenvalue weighted by atomic mass is 10.3. The molecule has 0 aromatic heterocycles. The van der Waals surface area contributed by atoms with E-state index in [-0.39, 0.29) is 5.75 Å². The Balaban J connectivity index is 2.82. The van der Waals surface area contributed by atoms with Gasteiger partial charge in [-0.3, -0.25) is 0 Å². The Kier molecular flexibility index (Phi) is 3.34. The highest BCUT2D eigenvalue weighted by atomic mass is 19.1. The van der Waals surface area contributed by atoms with Crippen LogP contribution in [-0.2, 0) is 4.79 Å². The van der Waals surface area contributed by atoms with Crippen LogP contribution < -0.4 is 4.74 Å². The number of hydrogen-bond donors (Lipinski definition) is 0. The monoisotopic (exact) mass is 198 g/mol. The van der Waals surface area contributed by atoms with E-state index in [0.29, 0.717) is 6.07 Å². The fourth-order valence-electron chi connectivity index (χ4n) is 0.836. The van der Waals surface area contributed by atoms with Crippen molar-refractivity contribution in [1.82, 2.24) is 0 Å². The first kappa shape index (κ1) is 10.4. The summed E-state index contributed by atoms with van der Waals surface area (Å²) in [6, 6.07) is 2.73. The number of benzene rings is 1. The Bertz CT molecular complexity index is 372. The zero-order chi connectivity index (χ0) is 10.6.